The average Bonchev–Trinajstić information content (AvgIpc) is 3.70. The number of likely N-dealkylation sites (tertiary alicyclic amines) is 2. The molecule has 2 saturated heterocycles. The van der Waals surface area contributed by atoms with Gasteiger partial charge in [-0.1, -0.05) is 60.7 Å². The predicted molar refractivity (Wildman–Crippen MR) is 210 cm³/mol. The second-order valence-electron chi connectivity index (χ2n) is 15.9. The molecule has 0 radical (unpaired) electrons. The zero-order valence-electron chi connectivity index (χ0n) is 32.9. The second-order valence-corrected chi connectivity index (χ2v) is 15.9. The number of carbonyl (C=O) groups excluding carboxylic acids is 6. The van der Waals surface area contributed by atoms with Crippen LogP contribution in [0, 0.1) is 13.8 Å². The first-order valence-corrected chi connectivity index (χ1v) is 19.6. The molecule has 4 aliphatic carbocycles. The lowest BCUT2D eigenvalue weighted by molar-refractivity contribution is -0.188. The molecule has 59 heavy (non-hydrogen) atoms. The Balaban J connectivity index is 1.49. The Hall–Kier alpha value is -5.88. The molecule has 4 amide bonds. The van der Waals surface area contributed by atoms with Gasteiger partial charge in [-0.25, -0.2) is 19.2 Å². The smallest absolute Gasteiger partial charge is 0.382 e. The molecule has 2 fully saturated rings. The maximum atomic E-state index is 14.7. The molecular formula is C42H49N7O10. The topological polar surface area (TPSA) is 275 Å². The number of amides is 4. The van der Waals surface area contributed by atoms with Crippen LogP contribution in [0.2, 0.25) is 0 Å². The van der Waals surface area contributed by atoms with Crippen LogP contribution in [0.4, 0.5) is 15.3 Å². The van der Waals surface area contributed by atoms with Gasteiger partial charge < -0.3 is 47.5 Å². The van der Waals surface area contributed by atoms with E-state index in [-0.39, 0.29) is 62.7 Å². The number of ether oxygens (including phenoxy) is 2. The van der Waals surface area contributed by atoms with Crippen molar-refractivity contribution in [1.29, 1.82) is 0 Å². The first-order valence-electron chi connectivity index (χ1n) is 19.6. The molecule has 0 aromatic heterocycles. The number of anilines is 1. The van der Waals surface area contributed by atoms with Crippen LogP contribution in [0.3, 0.4) is 0 Å². The number of nitrogens with zero attached hydrogens (tertiary/aromatic N) is 3. The summed E-state index contributed by atoms with van der Waals surface area (Å²) in [6.07, 6.45) is -4.15. The molecule has 0 spiro atoms. The Morgan fingerprint density at radius 3 is 1.44 bits per heavy atom. The van der Waals surface area contributed by atoms with Crippen LogP contribution >= 0.6 is 0 Å². The van der Waals surface area contributed by atoms with Crippen molar-refractivity contribution >= 4 is 41.6 Å². The number of nitrogens with two attached hydrogens (primary N) is 4. The SMILES string of the molecule is Cc1cccc(N(C2CCCN2[C@@](C(N)=O)(C(=O)OC(N)=O)[C@]2(O)CCc3ccc2cc3)C2CCCN2[C@@](C(N)=O)(C(=O)OC(N)=O)[C@]2(O)CCc3ccc2cc3)c1C. The van der Waals surface area contributed by atoms with E-state index in [4.69, 9.17) is 32.4 Å². The normalized spacial score (nSPS) is 25.9. The number of carbonyl (C=O) groups is 6. The number of hydrogen-bond donors (Lipinski definition) is 6. The number of rotatable bonds is 11. The van der Waals surface area contributed by atoms with E-state index in [0.29, 0.717) is 18.5 Å². The zero-order valence-corrected chi connectivity index (χ0v) is 32.9. The van der Waals surface area contributed by atoms with Crippen molar-refractivity contribution in [2.45, 2.75) is 99.8 Å². The molecule has 4 bridgehead atoms. The van der Waals surface area contributed by atoms with E-state index in [1.54, 1.807) is 60.7 Å². The van der Waals surface area contributed by atoms with Gasteiger partial charge in [0.1, 0.15) is 11.2 Å². The van der Waals surface area contributed by atoms with Crippen molar-refractivity contribution in [1.82, 2.24) is 9.80 Å². The molecule has 6 atom stereocenters. The van der Waals surface area contributed by atoms with Crippen LogP contribution in [-0.4, -0.2) is 92.5 Å². The van der Waals surface area contributed by atoms with Gasteiger partial charge in [-0.2, -0.15) is 0 Å². The first-order chi connectivity index (χ1) is 27.9. The molecular weight excluding hydrogens is 763 g/mol. The third-order valence-corrected chi connectivity index (χ3v) is 13.1. The van der Waals surface area contributed by atoms with E-state index in [1.165, 1.54) is 9.80 Å². The number of aryl methyl sites for hydroxylation is 3. The van der Waals surface area contributed by atoms with Crippen LogP contribution in [0.1, 0.15) is 71.9 Å². The van der Waals surface area contributed by atoms with Crippen LogP contribution in [0.15, 0.2) is 66.7 Å². The van der Waals surface area contributed by atoms with E-state index in [2.05, 4.69) is 0 Å². The Labute approximate surface area is 340 Å². The van der Waals surface area contributed by atoms with Gasteiger partial charge in [0.05, 0.1) is 12.3 Å². The third kappa shape index (κ3) is 6.13. The average molecular weight is 812 g/mol. The highest BCUT2D eigenvalue weighted by Crippen LogP contribution is 2.51. The van der Waals surface area contributed by atoms with Crippen molar-refractivity contribution in [2.24, 2.45) is 22.9 Å². The van der Waals surface area contributed by atoms with E-state index < -0.39 is 70.6 Å². The van der Waals surface area contributed by atoms with E-state index in [0.717, 1.165) is 22.3 Å². The van der Waals surface area contributed by atoms with Gasteiger partial charge in [0.15, 0.2) is 0 Å². The molecule has 2 heterocycles. The number of benzene rings is 3. The predicted octanol–water partition coefficient (Wildman–Crippen LogP) is 1.31. The Bertz CT molecular complexity index is 2090. The standard InChI is InChI=1S/C42H49N7O10/c1-24-6-3-7-30(25(24)2)49(31-8-4-22-47(31)41(33(43)50,35(52)58-37(45)54)39(56)20-18-26-10-14-28(39)15-11-26)32-9-5-23-48(32)42(34(44)51,36(53)59-38(46)55)40(57)21-19-27-12-16-29(40)17-13-27/h3,6-7,10-17,31-32,56-57H,4-5,8-9,18-23H2,1-2H3,(H2,43,50)(H2,44,51)(H2,45,54)(H2,46,55)/t31?,32?,39-,40-,41-,42-/m0/s1. The third-order valence-electron chi connectivity index (χ3n) is 13.1. The summed E-state index contributed by atoms with van der Waals surface area (Å²) in [5.41, 5.74) is 17.1. The number of aliphatic hydroxyl groups is 2. The summed E-state index contributed by atoms with van der Waals surface area (Å²) < 4.78 is 10.1. The molecule has 9 rings (SSSR count). The molecule has 0 saturated carbocycles. The Kier molecular flexibility index (Phi) is 10.5. The van der Waals surface area contributed by atoms with Gasteiger partial charge in [0.25, 0.3) is 11.8 Å². The van der Waals surface area contributed by atoms with Crippen molar-refractivity contribution in [3.63, 3.8) is 0 Å². The summed E-state index contributed by atoms with van der Waals surface area (Å²) in [5, 5.41) is 26.0. The minimum Gasteiger partial charge on any atom is -0.382 e. The van der Waals surface area contributed by atoms with Crippen molar-refractivity contribution in [2.75, 3.05) is 18.0 Å². The summed E-state index contributed by atoms with van der Waals surface area (Å²) in [4.78, 5) is 87.5. The monoisotopic (exact) mass is 811 g/mol. The first kappa shape index (κ1) is 41.3. The van der Waals surface area contributed by atoms with Crippen LogP contribution in [0.5, 0.6) is 0 Å². The van der Waals surface area contributed by atoms with Gasteiger partial charge in [0, 0.05) is 18.8 Å². The van der Waals surface area contributed by atoms with Gasteiger partial charge in [-0.05, 0) is 105 Å². The van der Waals surface area contributed by atoms with Crippen molar-refractivity contribution < 1.29 is 48.5 Å². The van der Waals surface area contributed by atoms with Crippen molar-refractivity contribution in [3.05, 3.63) is 100 Å². The quantitative estimate of drug-likeness (QED) is 0.118. The second kappa shape index (κ2) is 15.1. The molecule has 312 valence electrons. The van der Waals surface area contributed by atoms with E-state index in [1.807, 2.05) is 24.8 Å². The van der Waals surface area contributed by atoms with Gasteiger partial charge in [-0.15, -0.1) is 0 Å². The Morgan fingerprint density at radius 1 is 0.661 bits per heavy atom. The van der Waals surface area contributed by atoms with Gasteiger partial charge >= 0.3 is 24.1 Å². The molecule has 17 heteroatoms. The summed E-state index contributed by atoms with van der Waals surface area (Å²) in [6, 6.07) is 18.8. The maximum Gasteiger partial charge on any atom is 0.412 e. The maximum absolute atomic E-state index is 14.7. The fourth-order valence-electron chi connectivity index (χ4n) is 10.3. The van der Waals surface area contributed by atoms with Gasteiger partial charge in [0.2, 0.25) is 11.1 Å². The van der Waals surface area contributed by atoms with Crippen LogP contribution < -0.4 is 27.8 Å². The van der Waals surface area contributed by atoms with Crippen LogP contribution in [0.25, 0.3) is 0 Å². The number of fused-ring (bicyclic) bond motifs is 8. The number of hydrogen-bond acceptors (Lipinski definition) is 13. The largest absolute Gasteiger partial charge is 0.412 e. The summed E-state index contributed by atoms with van der Waals surface area (Å²) in [5.74, 6) is -5.62. The number of primary amides is 4. The fraction of sp³-hybridized carbons (Fsp3) is 0.429. The lowest BCUT2D eigenvalue weighted by Gasteiger charge is -2.55. The summed E-state index contributed by atoms with van der Waals surface area (Å²) in [7, 11) is 0. The molecule has 2 unspecified atom stereocenters. The molecule has 6 aliphatic rings. The fourth-order valence-corrected chi connectivity index (χ4v) is 10.3. The van der Waals surface area contributed by atoms with E-state index >= 15 is 0 Å². The molecule has 2 aliphatic heterocycles. The zero-order chi connectivity index (χ0) is 42.7. The summed E-state index contributed by atoms with van der Waals surface area (Å²) >= 11 is 0. The Morgan fingerprint density at radius 2 is 1.07 bits per heavy atom. The van der Waals surface area contributed by atoms with Crippen LogP contribution in [-0.2, 0) is 52.7 Å². The lowest BCUT2D eigenvalue weighted by atomic mass is 9.70. The minimum atomic E-state index is -2.79. The molecule has 3 aromatic carbocycles. The highest BCUT2D eigenvalue weighted by molar-refractivity contribution is 6.12. The molecule has 3 aromatic rings. The molecule has 17 nitrogen and oxygen atoms in total. The summed E-state index contributed by atoms with van der Waals surface area (Å²) in [6.45, 7) is 3.63. The number of esters is 2. The van der Waals surface area contributed by atoms with E-state index in [9.17, 15) is 39.0 Å². The lowest BCUT2D eigenvalue weighted by Crippen LogP contribution is -2.78. The highest BCUT2D eigenvalue weighted by Gasteiger charge is 2.71. The van der Waals surface area contributed by atoms with Gasteiger partial charge in [-0.3, -0.25) is 19.4 Å². The molecule has 10 N–H and O–H groups in total. The minimum absolute atomic E-state index is 0.0457. The van der Waals surface area contributed by atoms with Crippen molar-refractivity contribution in [3.8, 4) is 0 Å². The highest BCUT2D eigenvalue weighted by atomic mass is 16.6.